The molecule has 0 bridgehead atoms. The Balaban J connectivity index is 2.29. The normalized spacial score (nSPS) is 17.6. The summed E-state index contributed by atoms with van der Waals surface area (Å²) < 4.78 is 0. The molecule has 0 spiro atoms. The first kappa shape index (κ1) is 15.5. The molecule has 1 fully saturated rings. The zero-order valence-corrected chi connectivity index (χ0v) is 13.5. The van der Waals surface area contributed by atoms with Gasteiger partial charge in [-0.15, -0.1) is 0 Å². The summed E-state index contributed by atoms with van der Waals surface area (Å²) in [6, 6.07) is 0. The molecule has 0 saturated carbocycles. The van der Waals surface area contributed by atoms with Crippen molar-refractivity contribution in [2.24, 2.45) is 5.92 Å². The third-order valence-electron chi connectivity index (χ3n) is 3.90. The van der Waals surface area contributed by atoms with E-state index in [1.54, 1.807) is 0 Å². The Hall–Kier alpha value is -0.870. The van der Waals surface area contributed by atoms with Crippen molar-refractivity contribution in [2.45, 2.75) is 46.0 Å². The van der Waals surface area contributed by atoms with Crippen molar-refractivity contribution in [1.29, 1.82) is 0 Å². The van der Waals surface area contributed by atoms with Gasteiger partial charge in [-0.05, 0) is 25.7 Å². The van der Waals surface area contributed by atoms with Crippen LogP contribution in [-0.2, 0) is 5.41 Å². The average molecular weight is 298 g/mol. The van der Waals surface area contributed by atoms with Gasteiger partial charge >= 0.3 is 0 Å². The van der Waals surface area contributed by atoms with E-state index in [1.165, 1.54) is 0 Å². The highest BCUT2D eigenvalue weighted by Gasteiger charge is 2.25. The molecule has 4 nitrogen and oxygen atoms in total. The van der Waals surface area contributed by atoms with Gasteiger partial charge in [-0.2, -0.15) is 0 Å². The van der Waals surface area contributed by atoms with Crippen LogP contribution < -0.4 is 4.90 Å². The zero-order valence-electron chi connectivity index (χ0n) is 12.8. The highest BCUT2D eigenvalue weighted by molar-refractivity contribution is 6.30. The highest BCUT2D eigenvalue weighted by atomic mass is 35.5. The summed E-state index contributed by atoms with van der Waals surface area (Å²) >= 11 is 6.28. The maximum Gasteiger partial charge on any atom is 0.137 e. The summed E-state index contributed by atoms with van der Waals surface area (Å²) in [4.78, 5) is 11.4. The largest absolute Gasteiger partial charge is 0.396 e. The van der Waals surface area contributed by atoms with Crippen molar-refractivity contribution in [3.63, 3.8) is 0 Å². The smallest absolute Gasteiger partial charge is 0.137 e. The lowest BCUT2D eigenvalue weighted by Gasteiger charge is -2.33. The van der Waals surface area contributed by atoms with E-state index in [0.717, 1.165) is 43.1 Å². The van der Waals surface area contributed by atoms with Crippen LogP contribution in [0.15, 0.2) is 0 Å². The van der Waals surface area contributed by atoms with Crippen LogP contribution in [0.4, 0.5) is 5.82 Å². The van der Waals surface area contributed by atoms with Gasteiger partial charge in [0, 0.05) is 30.7 Å². The van der Waals surface area contributed by atoms with Gasteiger partial charge < -0.3 is 10.0 Å². The standard InChI is InChI=1S/C15H24ClN3O/c1-10-12(16)17-14(15(2,3)4)18-13(10)19-7-5-11(9-20)6-8-19/h11,20H,5-9H2,1-4H3. The molecule has 0 aliphatic carbocycles. The van der Waals surface area contributed by atoms with Gasteiger partial charge in [0.1, 0.15) is 16.8 Å². The van der Waals surface area contributed by atoms with Gasteiger partial charge in [-0.25, -0.2) is 9.97 Å². The Morgan fingerprint density at radius 2 is 1.85 bits per heavy atom. The maximum atomic E-state index is 9.23. The van der Waals surface area contributed by atoms with Crippen molar-refractivity contribution in [2.75, 3.05) is 24.6 Å². The number of aliphatic hydroxyl groups excluding tert-OH is 1. The summed E-state index contributed by atoms with van der Waals surface area (Å²) in [6.45, 7) is 10.4. The van der Waals surface area contributed by atoms with E-state index in [1.807, 2.05) is 6.92 Å². The van der Waals surface area contributed by atoms with E-state index in [9.17, 15) is 5.11 Å². The number of halogens is 1. The second-order valence-electron chi connectivity index (χ2n) is 6.65. The third-order valence-corrected chi connectivity index (χ3v) is 4.27. The number of piperidine rings is 1. The predicted octanol–water partition coefficient (Wildman–Crippen LogP) is 2.94. The molecule has 2 rings (SSSR count). The van der Waals surface area contributed by atoms with Crippen LogP contribution in [0.1, 0.15) is 45.0 Å². The summed E-state index contributed by atoms with van der Waals surface area (Å²) in [5.74, 6) is 2.16. The topological polar surface area (TPSA) is 49.2 Å². The maximum absolute atomic E-state index is 9.23. The molecule has 1 N–H and O–H groups in total. The van der Waals surface area contributed by atoms with E-state index >= 15 is 0 Å². The van der Waals surface area contributed by atoms with Crippen molar-refractivity contribution >= 4 is 17.4 Å². The van der Waals surface area contributed by atoms with Gasteiger partial charge in [0.25, 0.3) is 0 Å². The molecule has 2 heterocycles. The molecule has 1 aliphatic rings. The minimum Gasteiger partial charge on any atom is -0.396 e. The Kier molecular flexibility index (Phi) is 4.55. The number of aromatic nitrogens is 2. The highest BCUT2D eigenvalue weighted by Crippen LogP contribution is 2.30. The van der Waals surface area contributed by atoms with Crippen molar-refractivity contribution in [3.8, 4) is 0 Å². The molecule has 112 valence electrons. The minimum absolute atomic E-state index is 0.116. The van der Waals surface area contributed by atoms with E-state index in [4.69, 9.17) is 16.6 Å². The molecule has 0 aromatic carbocycles. The fourth-order valence-corrected chi connectivity index (χ4v) is 2.61. The quantitative estimate of drug-likeness (QED) is 0.853. The monoisotopic (exact) mass is 297 g/mol. The lowest BCUT2D eigenvalue weighted by atomic mass is 9.95. The van der Waals surface area contributed by atoms with Crippen LogP contribution in [0.2, 0.25) is 5.15 Å². The van der Waals surface area contributed by atoms with Gasteiger partial charge in [0.15, 0.2) is 0 Å². The van der Waals surface area contributed by atoms with Crippen LogP contribution in [0.3, 0.4) is 0 Å². The molecule has 0 amide bonds. The summed E-state index contributed by atoms with van der Waals surface area (Å²) in [7, 11) is 0. The lowest BCUT2D eigenvalue weighted by molar-refractivity contribution is 0.202. The molecule has 1 aromatic rings. The van der Waals surface area contributed by atoms with Crippen LogP contribution >= 0.6 is 11.6 Å². The van der Waals surface area contributed by atoms with Crippen molar-refractivity contribution < 1.29 is 5.11 Å². The van der Waals surface area contributed by atoms with E-state index in [-0.39, 0.29) is 12.0 Å². The van der Waals surface area contributed by atoms with Gasteiger partial charge in [-0.3, -0.25) is 0 Å². The summed E-state index contributed by atoms with van der Waals surface area (Å²) in [6.07, 6.45) is 2.00. The Morgan fingerprint density at radius 3 is 2.35 bits per heavy atom. The molecule has 0 atom stereocenters. The molecule has 20 heavy (non-hydrogen) atoms. The molecule has 0 radical (unpaired) electrons. The number of hydrogen-bond acceptors (Lipinski definition) is 4. The average Bonchev–Trinajstić information content (AvgIpc) is 2.40. The van der Waals surface area contributed by atoms with Crippen LogP contribution in [0, 0.1) is 12.8 Å². The van der Waals surface area contributed by atoms with Crippen LogP contribution in [-0.4, -0.2) is 34.8 Å². The molecule has 1 aliphatic heterocycles. The molecule has 0 unspecified atom stereocenters. The molecular weight excluding hydrogens is 274 g/mol. The first-order valence-corrected chi connectivity index (χ1v) is 7.61. The number of aliphatic hydroxyl groups is 1. The molecule has 1 aromatic heterocycles. The fraction of sp³-hybridized carbons (Fsp3) is 0.733. The number of nitrogens with zero attached hydrogens (tertiary/aromatic N) is 3. The summed E-state index contributed by atoms with van der Waals surface area (Å²) in [5, 5.41) is 9.78. The second kappa shape index (κ2) is 5.86. The van der Waals surface area contributed by atoms with E-state index in [2.05, 4.69) is 30.7 Å². The first-order valence-electron chi connectivity index (χ1n) is 7.23. The zero-order chi connectivity index (χ0) is 14.9. The van der Waals surface area contributed by atoms with Crippen LogP contribution in [0.5, 0.6) is 0 Å². The van der Waals surface area contributed by atoms with Crippen LogP contribution in [0.25, 0.3) is 0 Å². The molecule has 1 saturated heterocycles. The Morgan fingerprint density at radius 1 is 1.25 bits per heavy atom. The summed E-state index contributed by atoms with van der Waals surface area (Å²) in [5.41, 5.74) is 0.831. The van der Waals surface area contributed by atoms with E-state index in [0.29, 0.717) is 11.1 Å². The predicted molar refractivity (Wildman–Crippen MR) is 82.5 cm³/mol. The third kappa shape index (κ3) is 3.23. The Labute approximate surface area is 126 Å². The van der Waals surface area contributed by atoms with Gasteiger partial charge in [-0.1, -0.05) is 32.4 Å². The molecular formula is C15H24ClN3O. The van der Waals surface area contributed by atoms with Crippen molar-refractivity contribution in [3.05, 3.63) is 16.5 Å². The van der Waals surface area contributed by atoms with Gasteiger partial charge in [0.2, 0.25) is 0 Å². The lowest BCUT2D eigenvalue weighted by Crippen LogP contribution is -2.36. The first-order chi connectivity index (χ1) is 9.32. The Bertz CT molecular complexity index is 477. The minimum atomic E-state index is -0.116. The second-order valence-corrected chi connectivity index (χ2v) is 7.01. The number of anilines is 1. The van der Waals surface area contributed by atoms with Crippen molar-refractivity contribution in [1.82, 2.24) is 9.97 Å². The molecule has 5 heteroatoms. The number of rotatable bonds is 2. The fourth-order valence-electron chi connectivity index (χ4n) is 2.45. The SMILES string of the molecule is Cc1c(Cl)nc(C(C)(C)C)nc1N1CCC(CO)CC1. The number of hydrogen-bond donors (Lipinski definition) is 1. The van der Waals surface area contributed by atoms with E-state index < -0.39 is 0 Å². The van der Waals surface area contributed by atoms with Gasteiger partial charge in [0.05, 0.1) is 0 Å².